The minimum absolute atomic E-state index is 0.114. The molecule has 1 aliphatic heterocycles. The number of amides is 1. The van der Waals surface area contributed by atoms with Crippen molar-refractivity contribution in [2.75, 3.05) is 4.90 Å². The van der Waals surface area contributed by atoms with E-state index in [0.29, 0.717) is 17.4 Å². The summed E-state index contributed by atoms with van der Waals surface area (Å²) in [6.45, 7) is 5.54. The van der Waals surface area contributed by atoms with Crippen LogP contribution in [0.2, 0.25) is 0 Å². The van der Waals surface area contributed by atoms with E-state index < -0.39 is 35.1 Å². The first-order valence-electron chi connectivity index (χ1n) is 10.8. The Kier molecular flexibility index (Phi) is 6.20. The van der Waals surface area contributed by atoms with Gasteiger partial charge in [-0.1, -0.05) is 42.0 Å². The first kappa shape index (κ1) is 23.2. The summed E-state index contributed by atoms with van der Waals surface area (Å²) in [4.78, 5) is 27.3. The summed E-state index contributed by atoms with van der Waals surface area (Å²) in [5.74, 6) is -3.73. The van der Waals surface area contributed by atoms with Crippen LogP contribution in [0.5, 0.6) is 5.75 Å². The highest BCUT2D eigenvalue weighted by atomic mass is 19.1. The smallest absolute Gasteiger partial charge is 0.300 e. The molecule has 0 aromatic heterocycles. The van der Waals surface area contributed by atoms with Crippen LogP contribution in [0, 0.1) is 18.6 Å². The van der Waals surface area contributed by atoms with Gasteiger partial charge in [-0.05, 0) is 50.6 Å². The number of aryl methyl sites for hydroxylation is 1. The highest BCUT2D eigenvalue weighted by molar-refractivity contribution is 6.51. The van der Waals surface area contributed by atoms with E-state index in [-0.39, 0.29) is 22.9 Å². The van der Waals surface area contributed by atoms with Crippen molar-refractivity contribution in [2.45, 2.75) is 32.9 Å². The number of hydrogen-bond donors (Lipinski definition) is 1. The number of ether oxygens (including phenoxy) is 1. The highest BCUT2D eigenvalue weighted by Gasteiger charge is 2.47. The van der Waals surface area contributed by atoms with Gasteiger partial charge < -0.3 is 9.84 Å². The quantitative estimate of drug-likeness (QED) is 0.300. The molecule has 34 heavy (non-hydrogen) atoms. The second-order valence-electron chi connectivity index (χ2n) is 8.37. The molecule has 1 unspecified atom stereocenters. The SMILES string of the molecule is Cc1cccc(C2/C(=C(\O)c3cccc(OC(C)C)c3)C(=O)C(=O)N2c2ccc(F)cc2F)c1. The standard InChI is InChI=1S/C27H23F2NO4/c1-15(2)34-20-9-5-8-18(13-20)25(31)23-24(17-7-4-6-16(3)12-17)30(27(33)26(23)32)22-11-10-19(28)14-21(22)29/h4-15,24,31H,1-3H3/b25-23+. The molecule has 7 heteroatoms. The lowest BCUT2D eigenvalue weighted by Gasteiger charge is -2.26. The van der Waals surface area contributed by atoms with Crippen LogP contribution in [0.25, 0.3) is 5.76 Å². The van der Waals surface area contributed by atoms with Gasteiger partial charge in [0, 0.05) is 11.6 Å². The second kappa shape index (κ2) is 9.09. The molecular formula is C27H23F2NO4. The molecule has 1 amide bonds. The number of carbonyl (C=O) groups excluding carboxylic acids is 2. The maximum absolute atomic E-state index is 14.8. The van der Waals surface area contributed by atoms with Crippen molar-refractivity contribution in [3.8, 4) is 5.75 Å². The maximum Gasteiger partial charge on any atom is 0.300 e. The zero-order chi connectivity index (χ0) is 24.6. The van der Waals surface area contributed by atoms with Crippen LogP contribution in [0.1, 0.15) is 36.6 Å². The number of benzene rings is 3. The Bertz CT molecular complexity index is 1320. The van der Waals surface area contributed by atoms with E-state index in [9.17, 15) is 23.5 Å². The molecule has 3 aromatic rings. The van der Waals surface area contributed by atoms with E-state index in [1.807, 2.05) is 26.8 Å². The van der Waals surface area contributed by atoms with Gasteiger partial charge in [-0.25, -0.2) is 8.78 Å². The van der Waals surface area contributed by atoms with Gasteiger partial charge in [0.25, 0.3) is 11.7 Å². The summed E-state index contributed by atoms with van der Waals surface area (Å²) in [5, 5.41) is 11.2. The van der Waals surface area contributed by atoms with Crippen LogP contribution >= 0.6 is 0 Å². The Morgan fingerprint density at radius 3 is 2.41 bits per heavy atom. The number of nitrogens with zero attached hydrogens (tertiary/aromatic N) is 1. The molecule has 3 aromatic carbocycles. The van der Waals surface area contributed by atoms with Crippen molar-refractivity contribution in [3.63, 3.8) is 0 Å². The number of ketones is 1. The zero-order valence-corrected chi connectivity index (χ0v) is 18.9. The summed E-state index contributed by atoms with van der Waals surface area (Å²) in [7, 11) is 0. The lowest BCUT2D eigenvalue weighted by atomic mass is 9.94. The number of Topliss-reactive ketones (excluding diaryl/α,β-unsaturated/α-hetero) is 1. The van der Waals surface area contributed by atoms with Crippen molar-refractivity contribution < 1.29 is 28.2 Å². The lowest BCUT2D eigenvalue weighted by Crippen LogP contribution is -2.30. The molecule has 0 bridgehead atoms. The fraction of sp³-hybridized carbons (Fsp3) is 0.185. The molecule has 0 spiro atoms. The number of anilines is 1. The summed E-state index contributed by atoms with van der Waals surface area (Å²) < 4.78 is 34.0. The Morgan fingerprint density at radius 2 is 1.74 bits per heavy atom. The van der Waals surface area contributed by atoms with Gasteiger partial charge in [0.1, 0.15) is 23.1 Å². The van der Waals surface area contributed by atoms with Gasteiger partial charge in [0.2, 0.25) is 0 Å². The molecule has 0 saturated carbocycles. The van der Waals surface area contributed by atoms with Crippen molar-refractivity contribution in [3.05, 3.63) is 101 Å². The minimum atomic E-state index is -1.12. The molecular weight excluding hydrogens is 440 g/mol. The van der Waals surface area contributed by atoms with Crippen molar-refractivity contribution in [2.24, 2.45) is 0 Å². The fourth-order valence-corrected chi connectivity index (χ4v) is 4.06. The molecule has 1 atom stereocenters. The normalized spacial score (nSPS) is 17.5. The molecule has 5 nitrogen and oxygen atoms in total. The van der Waals surface area contributed by atoms with Crippen molar-refractivity contribution in [1.29, 1.82) is 0 Å². The van der Waals surface area contributed by atoms with Gasteiger partial charge in [0.05, 0.1) is 23.4 Å². The zero-order valence-electron chi connectivity index (χ0n) is 18.9. The number of hydrogen-bond acceptors (Lipinski definition) is 4. The summed E-state index contributed by atoms with van der Waals surface area (Å²) in [5.41, 5.74) is 1.16. The van der Waals surface area contributed by atoms with Crippen molar-refractivity contribution in [1.82, 2.24) is 0 Å². The van der Waals surface area contributed by atoms with Gasteiger partial charge in [-0.15, -0.1) is 0 Å². The molecule has 1 heterocycles. The van der Waals surface area contributed by atoms with E-state index in [1.54, 1.807) is 42.5 Å². The molecule has 174 valence electrons. The third kappa shape index (κ3) is 4.29. The molecule has 1 saturated heterocycles. The molecule has 1 aliphatic rings. The van der Waals surface area contributed by atoms with Gasteiger partial charge in [0.15, 0.2) is 0 Å². The Morgan fingerprint density at radius 1 is 1.00 bits per heavy atom. The van der Waals surface area contributed by atoms with Crippen molar-refractivity contribution >= 4 is 23.1 Å². The van der Waals surface area contributed by atoms with E-state index in [1.165, 1.54) is 0 Å². The lowest BCUT2D eigenvalue weighted by molar-refractivity contribution is -0.132. The maximum atomic E-state index is 14.8. The Hall–Kier alpha value is -4.00. The minimum Gasteiger partial charge on any atom is -0.507 e. The largest absolute Gasteiger partial charge is 0.507 e. The van der Waals surface area contributed by atoms with E-state index in [2.05, 4.69) is 0 Å². The van der Waals surface area contributed by atoms with Crippen LogP contribution in [-0.4, -0.2) is 22.9 Å². The number of halogens is 2. The first-order chi connectivity index (χ1) is 16.2. The second-order valence-corrected chi connectivity index (χ2v) is 8.37. The van der Waals surface area contributed by atoms with Crippen LogP contribution < -0.4 is 9.64 Å². The van der Waals surface area contributed by atoms with Crippen LogP contribution in [-0.2, 0) is 9.59 Å². The first-order valence-corrected chi connectivity index (χ1v) is 10.8. The predicted octanol–water partition coefficient (Wildman–Crippen LogP) is 5.69. The number of aliphatic hydroxyl groups is 1. The molecule has 4 rings (SSSR count). The van der Waals surface area contributed by atoms with Gasteiger partial charge in [-0.3, -0.25) is 14.5 Å². The number of carbonyl (C=O) groups is 2. The molecule has 1 N–H and O–H groups in total. The Balaban J connectivity index is 1.94. The molecule has 0 aliphatic carbocycles. The van der Waals surface area contributed by atoms with E-state index >= 15 is 0 Å². The molecule has 0 radical (unpaired) electrons. The monoisotopic (exact) mass is 463 g/mol. The molecule has 1 fully saturated rings. The summed E-state index contributed by atoms with van der Waals surface area (Å²) in [6.07, 6.45) is -0.114. The number of rotatable bonds is 5. The third-order valence-electron chi connectivity index (χ3n) is 5.45. The van der Waals surface area contributed by atoms with Gasteiger partial charge >= 0.3 is 0 Å². The fourth-order valence-electron chi connectivity index (χ4n) is 4.06. The van der Waals surface area contributed by atoms with E-state index in [0.717, 1.165) is 22.6 Å². The van der Waals surface area contributed by atoms with Crippen LogP contribution in [0.4, 0.5) is 14.5 Å². The highest BCUT2D eigenvalue weighted by Crippen LogP contribution is 2.43. The topological polar surface area (TPSA) is 66.8 Å². The van der Waals surface area contributed by atoms with Crippen LogP contribution in [0.15, 0.2) is 72.3 Å². The summed E-state index contributed by atoms with van der Waals surface area (Å²) >= 11 is 0. The summed E-state index contributed by atoms with van der Waals surface area (Å²) in [6, 6.07) is 15.2. The van der Waals surface area contributed by atoms with E-state index in [4.69, 9.17) is 4.74 Å². The number of aliphatic hydroxyl groups excluding tert-OH is 1. The van der Waals surface area contributed by atoms with Gasteiger partial charge in [-0.2, -0.15) is 0 Å². The average molecular weight is 463 g/mol. The van der Waals surface area contributed by atoms with Crippen LogP contribution in [0.3, 0.4) is 0 Å². The third-order valence-corrected chi connectivity index (χ3v) is 5.45. The predicted molar refractivity (Wildman–Crippen MR) is 125 cm³/mol. The Labute approximate surface area is 195 Å². The average Bonchev–Trinajstić information content (AvgIpc) is 3.04.